The van der Waals surface area contributed by atoms with Crippen LogP contribution in [0.25, 0.3) is 0 Å². The summed E-state index contributed by atoms with van der Waals surface area (Å²) >= 11 is 3.17. The zero-order valence-corrected chi connectivity index (χ0v) is 14.9. The number of ether oxygens (including phenoxy) is 1. The number of carbonyl (C=O) groups excluding carboxylic acids is 1. The van der Waals surface area contributed by atoms with E-state index in [9.17, 15) is 4.79 Å². The van der Waals surface area contributed by atoms with Gasteiger partial charge in [0.2, 0.25) is 5.13 Å². The summed E-state index contributed by atoms with van der Waals surface area (Å²) in [7, 11) is 0. The molecule has 1 aromatic heterocycles. The third-order valence-corrected chi connectivity index (χ3v) is 6.37. The van der Waals surface area contributed by atoms with E-state index in [2.05, 4.69) is 15.5 Å². The van der Waals surface area contributed by atoms with Gasteiger partial charge in [-0.3, -0.25) is 10.1 Å². The van der Waals surface area contributed by atoms with Crippen molar-refractivity contribution in [1.29, 1.82) is 0 Å². The second-order valence-corrected chi connectivity index (χ2v) is 8.19. The van der Waals surface area contributed by atoms with Gasteiger partial charge in [-0.2, -0.15) is 0 Å². The van der Waals surface area contributed by atoms with Gasteiger partial charge in [0, 0.05) is 23.2 Å². The predicted molar refractivity (Wildman–Crippen MR) is 96.0 cm³/mol. The summed E-state index contributed by atoms with van der Waals surface area (Å²) in [5.41, 5.74) is 0.684. The molecule has 0 radical (unpaired) electrons. The van der Waals surface area contributed by atoms with Crippen LogP contribution in [0.1, 0.15) is 47.0 Å². The molecule has 4 rings (SSSR count). The molecule has 1 amide bonds. The Balaban J connectivity index is 1.42. The van der Waals surface area contributed by atoms with Crippen molar-refractivity contribution < 1.29 is 9.53 Å². The summed E-state index contributed by atoms with van der Waals surface area (Å²) in [6, 6.07) is 7.70. The van der Waals surface area contributed by atoms with Crippen molar-refractivity contribution >= 4 is 34.1 Å². The molecule has 1 saturated carbocycles. The van der Waals surface area contributed by atoms with E-state index >= 15 is 0 Å². The fourth-order valence-electron chi connectivity index (χ4n) is 2.68. The Labute approximate surface area is 149 Å². The predicted octanol–water partition coefficient (Wildman–Crippen LogP) is 3.94. The Hall–Kier alpha value is -1.44. The molecule has 5 nitrogen and oxygen atoms in total. The van der Waals surface area contributed by atoms with E-state index in [0.29, 0.717) is 22.7 Å². The number of carbonyl (C=O) groups is 1. The molecule has 1 aliphatic heterocycles. The van der Waals surface area contributed by atoms with Crippen molar-refractivity contribution in [3.63, 3.8) is 0 Å². The van der Waals surface area contributed by atoms with Crippen LogP contribution in [0.3, 0.4) is 0 Å². The monoisotopic (exact) mass is 361 g/mol. The van der Waals surface area contributed by atoms with Gasteiger partial charge in [0.25, 0.3) is 5.91 Å². The average molecular weight is 361 g/mol. The summed E-state index contributed by atoms with van der Waals surface area (Å²) < 4.78 is 5.66. The van der Waals surface area contributed by atoms with Gasteiger partial charge in [-0.1, -0.05) is 23.5 Å². The lowest BCUT2D eigenvalue weighted by Crippen LogP contribution is -2.14. The zero-order chi connectivity index (χ0) is 16.4. The number of nitrogens with zero attached hydrogens (tertiary/aromatic N) is 2. The molecular formula is C17H19N3O2S2. The van der Waals surface area contributed by atoms with Crippen LogP contribution >= 0.6 is 23.1 Å². The molecule has 1 aliphatic carbocycles. The van der Waals surface area contributed by atoms with Gasteiger partial charge >= 0.3 is 0 Å². The highest BCUT2D eigenvalue weighted by Crippen LogP contribution is 2.42. The average Bonchev–Trinajstić information content (AvgIpc) is 3.12. The molecular weight excluding hydrogens is 342 g/mol. The van der Waals surface area contributed by atoms with Crippen molar-refractivity contribution in [3.8, 4) is 0 Å². The number of amides is 1. The third kappa shape index (κ3) is 3.79. The lowest BCUT2D eigenvalue weighted by Gasteiger charge is -2.11. The number of rotatable bonds is 6. The quantitative estimate of drug-likeness (QED) is 0.790. The smallest absolute Gasteiger partial charge is 0.258 e. The van der Waals surface area contributed by atoms with E-state index in [-0.39, 0.29) is 5.91 Å². The maximum atomic E-state index is 12.6. The molecule has 7 heteroatoms. The molecule has 1 saturated heterocycles. The lowest BCUT2D eigenvalue weighted by molar-refractivity contribution is 0.102. The zero-order valence-electron chi connectivity index (χ0n) is 13.2. The Bertz CT molecular complexity index is 724. The van der Waals surface area contributed by atoms with Crippen LogP contribution in [0.15, 0.2) is 29.2 Å². The minimum Gasteiger partial charge on any atom is -0.377 e. The summed E-state index contributed by atoms with van der Waals surface area (Å²) in [4.78, 5) is 13.6. The van der Waals surface area contributed by atoms with E-state index in [1.54, 1.807) is 11.8 Å². The normalized spacial score (nSPS) is 20.2. The highest BCUT2D eigenvalue weighted by molar-refractivity contribution is 7.99. The molecule has 2 aromatic rings. The number of hydrogen-bond acceptors (Lipinski definition) is 6. The number of anilines is 1. The van der Waals surface area contributed by atoms with Crippen LogP contribution in [0.2, 0.25) is 0 Å². The third-order valence-electron chi connectivity index (χ3n) is 4.17. The van der Waals surface area contributed by atoms with Gasteiger partial charge in [-0.05, 0) is 37.8 Å². The van der Waals surface area contributed by atoms with Gasteiger partial charge in [-0.15, -0.1) is 22.0 Å². The van der Waals surface area contributed by atoms with Crippen molar-refractivity contribution in [1.82, 2.24) is 10.2 Å². The summed E-state index contributed by atoms with van der Waals surface area (Å²) in [5, 5.41) is 12.8. The number of hydrogen-bond donors (Lipinski definition) is 1. The molecule has 2 aliphatic rings. The Kier molecular flexibility index (Phi) is 4.82. The fraction of sp³-hybridized carbons (Fsp3) is 0.471. The second kappa shape index (κ2) is 7.21. The largest absolute Gasteiger partial charge is 0.377 e. The van der Waals surface area contributed by atoms with Crippen molar-refractivity contribution in [3.05, 3.63) is 34.8 Å². The van der Waals surface area contributed by atoms with Gasteiger partial charge in [0.1, 0.15) is 5.01 Å². The van der Waals surface area contributed by atoms with Gasteiger partial charge in [0.15, 0.2) is 0 Å². The number of nitrogens with one attached hydrogen (secondary N) is 1. The first-order valence-electron chi connectivity index (χ1n) is 8.28. The standard InChI is InChI=1S/C17H19N3O2S2/c21-15(18-17-20-19-16(24-17)11-7-8-11)13-5-1-2-6-14(13)23-10-12-4-3-9-22-12/h1-2,5-6,11-12H,3-4,7-10H2,(H,18,20,21). The first-order chi connectivity index (χ1) is 11.8. The Morgan fingerprint density at radius 1 is 1.29 bits per heavy atom. The number of thioether (sulfide) groups is 1. The number of benzene rings is 1. The summed E-state index contributed by atoms with van der Waals surface area (Å²) in [6.07, 6.45) is 4.91. The molecule has 2 fully saturated rings. The molecule has 1 atom stereocenters. The molecule has 1 aromatic carbocycles. The highest BCUT2D eigenvalue weighted by Gasteiger charge is 2.28. The van der Waals surface area contributed by atoms with Crippen LogP contribution < -0.4 is 5.32 Å². The van der Waals surface area contributed by atoms with Crippen LogP contribution in [0.4, 0.5) is 5.13 Å². The van der Waals surface area contributed by atoms with Gasteiger partial charge in [-0.25, -0.2) is 0 Å². The van der Waals surface area contributed by atoms with Crippen LogP contribution in [0.5, 0.6) is 0 Å². The number of aromatic nitrogens is 2. The maximum Gasteiger partial charge on any atom is 0.258 e. The van der Waals surface area contributed by atoms with Gasteiger partial charge in [0.05, 0.1) is 11.7 Å². The minimum atomic E-state index is -0.121. The van der Waals surface area contributed by atoms with E-state index < -0.39 is 0 Å². The molecule has 0 spiro atoms. The second-order valence-electron chi connectivity index (χ2n) is 6.12. The Morgan fingerprint density at radius 3 is 2.96 bits per heavy atom. The van der Waals surface area contributed by atoms with Crippen LogP contribution in [-0.4, -0.2) is 34.6 Å². The topological polar surface area (TPSA) is 64.1 Å². The van der Waals surface area contributed by atoms with Crippen molar-refractivity contribution in [2.45, 2.75) is 42.6 Å². The minimum absolute atomic E-state index is 0.121. The fourth-order valence-corrected chi connectivity index (χ4v) is 4.71. The first-order valence-corrected chi connectivity index (χ1v) is 10.1. The molecule has 1 N–H and O–H groups in total. The van der Waals surface area contributed by atoms with Crippen molar-refractivity contribution in [2.24, 2.45) is 0 Å². The first kappa shape index (κ1) is 16.1. The van der Waals surface area contributed by atoms with E-state index in [0.717, 1.165) is 35.1 Å². The van der Waals surface area contributed by atoms with E-state index in [1.165, 1.54) is 24.2 Å². The summed E-state index contributed by atoms with van der Waals surface area (Å²) in [6.45, 7) is 0.855. The molecule has 24 heavy (non-hydrogen) atoms. The lowest BCUT2D eigenvalue weighted by atomic mass is 10.2. The van der Waals surface area contributed by atoms with Crippen LogP contribution in [0, 0.1) is 0 Å². The highest BCUT2D eigenvalue weighted by atomic mass is 32.2. The molecule has 1 unspecified atom stereocenters. The molecule has 126 valence electrons. The van der Waals surface area contributed by atoms with E-state index in [4.69, 9.17) is 4.74 Å². The SMILES string of the molecule is O=C(Nc1nnc(C2CC2)s1)c1ccccc1SCC1CCCO1. The van der Waals surface area contributed by atoms with Gasteiger partial charge < -0.3 is 4.74 Å². The molecule has 0 bridgehead atoms. The Morgan fingerprint density at radius 2 is 2.17 bits per heavy atom. The summed E-state index contributed by atoms with van der Waals surface area (Å²) in [5.74, 6) is 1.32. The van der Waals surface area contributed by atoms with Crippen LogP contribution in [-0.2, 0) is 4.74 Å². The molecule has 2 heterocycles. The maximum absolute atomic E-state index is 12.6. The van der Waals surface area contributed by atoms with E-state index in [1.807, 2.05) is 24.3 Å². The van der Waals surface area contributed by atoms with Crippen molar-refractivity contribution in [2.75, 3.05) is 17.7 Å².